The minimum Gasteiger partial charge on any atom is -0.345 e. The van der Waals surface area contributed by atoms with Crippen molar-refractivity contribution in [3.8, 4) is 11.1 Å². The van der Waals surface area contributed by atoms with Gasteiger partial charge < -0.3 is 15.1 Å². The molecule has 53 heavy (non-hydrogen) atoms. The molecule has 15 heteroatoms. The lowest BCUT2D eigenvalue weighted by atomic mass is 9.96. The van der Waals surface area contributed by atoms with Gasteiger partial charge in [-0.1, -0.05) is 18.9 Å². The molecular weight excluding hydrogens is 689 g/mol. The number of ketones is 1. The van der Waals surface area contributed by atoms with Crippen LogP contribution < -0.4 is 5.32 Å². The van der Waals surface area contributed by atoms with Crippen molar-refractivity contribution in [1.29, 1.82) is 0 Å². The molecule has 1 N–H and O–H groups in total. The van der Waals surface area contributed by atoms with Crippen molar-refractivity contribution in [3.63, 3.8) is 0 Å². The third-order valence-corrected chi connectivity index (χ3v) is 10.9. The fraction of sp³-hybridized carbons (Fsp3) is 0.474. The standard InChI is InChI=1S/C38H41F3N8O4/c1-21-11-12-29(38(39,40)41)44-35(21)45-36(53)28-15-37-16-30(37)49(28)32(52)19-48-34-24(9-7-5-6-8-10-31(51)47(4)20-37)13-25(26-17-42-23(3)43-18-26)14-27(34)33(46-48)22(2)50/h11-14,17-18,28,30H,5-10,15-16,19-20H2,1-4H3,(H,44,45,53)/t28-,30+,37-/m0/s1. The first-order chi connectivity index (χ1) is 25.1. The molecule has 7 rings (SSSR count). The second-order valence-electron chi connectivity index (χ2n) is 14.7. The first-order valence-corrected chi connectivity index (χ1v) is 17.9. The van der Waals surface area contributed by atoms with Gasteiger partial charge in [0.15, 0.2) is 5.78 Å². The fourth-order valence-electron chi connectivity index (χ4n) is 8.04. The van der Waals surface area contributed by atoms with E-state index in [1.807, 2.05) is 12.1 Å². The fourth-order valence-corrected chi connectivity index (χ4v) is 8.04. The van der Waals surface area contributed by atoms with E-state index in [0.717, 1.165) is 42.0 Å². The largest absolute Gasteiger partial charge is 0.433 e. The molecule has 5 heterocycles. The molecule has 2 aliphatic heterocycles. The predicted molar refractivity (Wildman–Crippen MR) is 189 cm³/mol. The number of pyridine rings is 1. The first-order valence-electron chi connectivity index (χ1n) is 17.9. The number of rotatable bonds is 4. The van der Waals surface area contributed by atoms with Gasteiger partial charge in [0.25, 0.3) is 0 Å². The summed E-state index contributed by atoms with van der Waals surface area (Å²) in [6, 6.07) is 4.54. The SMILES string of the molecule is CC(=O)c1nn2c3c(cc(-c4cnc(C)nc4)cc13)CCCCCCC(=O)N(C)C[C@@]13C[C@@H](C(=O)Nc4nc(C(F)(F)F)ccc4C)N(C(=O)C2)[C@@H]1C3. The maximum absolute atomic E-state index is 14.5. The normalized spacial score (nSPS) is 22.5. The van der Waals surface area contributed by atoms with E-state index < -0.39 is 35.1 Å². The molecular formula is C38H41F3N8O4. The summed E-state index contributed by atoms with van der Waals surface area (Å²) in [7, 11) is 1.73. The minimum atomic E-state index is -4.72. The summed E-state index contributed by atoms with van der Waals surface area (Å²) in [6.07, 6.45) is 3.72. The second-order valence-corrected chi connectivity index (χ2v) is 14.7. The second kappa shape index (κ2) is 13.6. The number of nitrogens with one attached hydrogen (secondary N) is 1. The van der Waals surface area contributed by atoms with E-state index in [1.54, 1.807) is 42.9 Å². The van der Waals surface area contributed by atoms with Gasteiger partial charge in [-0.05, 0) is 80.8 Å². The van der Waals surface area contributed by atoms with E-state index in [4.69, 9.17) is 0 Å². The summed E-state index contributed by atoms with van der Waals surface area (Å²) >= 11 is 0. The highest BCUT2D eigenvalue weighted by Gasteiger charge is 2.67. The predicted octanol–water partition coefficient (Wildman–Crippen LogP) is 5.69. The zero-order valence-corrected chi connectivity index (χ0v) is 30.1. The Kier molecular flexibility index (Phi) is 9.31. The highest BCUT2D eigenvalue weighted by atomic mass is 19.4. The van der Waals surface area contributed by atoms with Gasteiger partial charge in [-0.15, -0.1) is 0 Å². The summed E-state index contributed by atoms with van der Waals surface area (Å²) in [5.74, 6) is -1.00. The molecule has 3 aliphatic rings. The van der Waals surface area contributed by atoms with E-state index in [-0.39, 0.29) is 42.2 Å². The van der Waals surface area contributed by atoms with E-state index in [2.05, 4.69) is 25.4 Å². The Hall–Kier alpha value is -5.21. The van der Waals surface area contributed by atoms with Gasteiger partial charge in [0.2, 0.25) is 17.7 Å². The molecule has 3 amide bonds. The van der Waals surface area contributed by atoms with Crippen molar-refractivity contribution in [3.05, 3.63) is 65.0 Å². The van der Waals surface area contributed by atoms with Crippen molar-refractivity contribution in [2.24, 2.45) is 5.41 Å². The maximum Gasteiger partial charge on any atom is 0.433 e. The van der Waals surface area contributed by atoms with Crippen molar-refractivity contribution in [2.45, 2.75) is 96.9 Å². The Morgan fingerprint density at radius 1 is 0.943 bits per heavy atom. The van der Waals surface area contributed by atoms with E-state index >= 15 is 0 Å². The van der Waals surface area contributed by atoms with Crippen LogP contribution in [0.25, 0.3) is 22.0 Å². The number of amides is 3. The average molecular weight is 731 g/mol. The van der Waals surface area contributed by atoms with Crippen LogP contribution in [0.5, 0.6) is 0 Å². The molecule has 1 saturated heterocycles. The number of anilines is 1. The average Bonchev–Trinajstić information content (AvgIpc) is 3.49. The highest BCUT2D eigenvalue weighted by Crippen LogP contribution is 2.60. The number of halogens is 3. The molecule has 1 saturated carbocycles. The van der Waals surface area contributed by atoms with Gasteiger partial charge in [0.1, 0.15) is 35.6 Å². The Balaban J connectivity index is 1.29. The number of aromatic nitrogens is 5. The van der Waals surface area contributed by atoms with E-state index in [9.17, 15) is 32.3 Å². The van der Waals surface area contributed by atoms with Crippen LogP contribution in [0.15, 0.2) is 36.7 Å². The van der Waals surface area contributed by atoms with E-state index in [1.165, 1.54) is 17.9 Å². The molecule has 1 aliphatic carbocycles. The van der Waals surface area contributed by atoms with Crippen molar-refractivity contribution < 1.29 is 32.3 Å². The number of aryl methyl sites for hydroxylation is 3. The summed E-state index contributed by atoms with van der Waals surface area (Å²) in [4.78, 5) is 70.3. The summed E-state index contributed by atoms with van der Waals surface area (Å²) in [5, 5.41) is 7.84. The van der Waals surface area contributed by atoms with Crippen LogP contribution in [0.3, 0.4) is 0 Å². The van der Waals surface area contributed by atoms with Crippen LogP contribution in [0.2, 0.25) is 0 Å². The Bertz CT molecular complexity index is 2130. The molecule has 278 valence electrons. The number of nitrogens with zero attached hydrogens (tertiary/aromatic N) is 7. The lowest BCUT2D eigenvalue weighted by molar-refractivity contribution is -0.141. The molecule has 12 nitrogen and oxygen atoms in total. The molecule has 3 aromatic heterocycles. The van der Waals surface area contributed by atoms with Gasteiger partial charge in [-0.2, -0.15) is 18.3 Å². The van der Waals surface area contributed by atoms with Crippen LogP contribution in [-0.4, -0.2) is 83.7 Å². The maximum atomic E-state index is 14.5. The monoisotopic (exact) mass is 730 g/mol. The summed E-state index contributed by atoms with van der Waals surface area (Å²) in [6.45, 7) is 4.81. The quantitative estimate of drug-likeness (QED) is 0.264. The molecule has 2 fully saturated rings. The molecule has 0 spiro atoms. The Labute approximate surface area is 304 Å². The number of benzene rings is 1. The van der Waals surface area contributed by atoms with Crippen LogP contribution in [0.4, 0.5) is 19.0 Å². The molecule has 3 atom stereocenters. The van der Waals surface area contributed by atoms with Crippen molar-refractivity contribution in [1.82, 2.24) is 34.5 Å². The first kappa shape index (κ1) is 36.2. The third kappa shape index (κ3) is 7.00. The van der Waals surface area contributed by atoms with Gasteiger partial charge in [-0.3, -0.25) is 23.9 Å². The van der Waals surface area contributed by atoms with Gasteiger partial charge in [-0.25, -0.2) is 15.0 Å². The lowest BCUT2D eigenvalue weighted by Crippen LogP contribution is -2.47. The molecule has 1 aromatic carbocycles. The van der Waals surface area contributed by atoms with Gasteiger partial charge in [0, 0.05) is 61.7 Å². The van der Waals surface area contributed by atoms with Crippen LogP contribution >= 0.6 is 0 Å². The molecule has 0 radical (unpaired) electrons. The number of Topliss-reactive ketones (excluding diaryl/α,β-unsaturated/α-hetero) is 1. The van der Waals surface area contributed by atoms with Crippen molar-refractivity contribution in [2.75, 3.05) is 18.9 Å². The Morgan fingerprint density at radius 3 is 2.36 bits per heavy atom. The van der Waals surface area contributed by atoms with E-state index in [0.29, 0.717) is 54.5 Å². The number of piperidine rings is 1. The third-order valence-electron chi connectivity index (χ3n) is 10.9. The Morgan fingerprint density at radius 2 is 1.66 bits per heavy atom. The number of carbonyl (C=O) groups is 4. The molecule has 0 unspecified atom stereocenters. The minimum absolute atomic E-state index is 0.0180. The lowest BCUT2D eigenvalue weighted by Gasteiger charge is -2.27. The zero-order chi connectivity index (χ0) is 37.8. The van der Waals surface area contributed by atoms with Crippen LogP contribution in [0.1, 0.15) is 85.0 Å². The topological polar surface area (TPSA) is 143 Å². The summed E-state index contributed by atoms with van der Waals surface area (Å²) in [5.41, 5.74) is 1.93. The van der Waals surface area contributed by atoms with Crippen LogP contribution in [-0.2, 0) is 33.5 Å². The number of alkyl halides is 3. The van der Waals surface area contributed by atoms with Crippen LogP contribution in [0, 0.1) is 19.3 Å². The smallest absolute Gasteiger partial charge is 0.345 e. The summed E-state index contributed by atoms with van der Waals surface area (Å²) < 4.78 is 42.1. The van der Waals surface area contributed by atoms with Crippen molar-refractivity contribution >= 4 is 40.2 Å². The molecule has 4 aromatic rings. The number of hydrogen-bond donors (Lipinski definition) is 1. The van der Waals surface area contributed by atoms with Gasteiger partial charge >= 0.3 is 6.18 Å². The zero-order valence-electron chi connectivity index (χ0n) is 30.1. The van der Waals surface area contributed by atoms with Gasteiger partial charge in [0.05, 0.1) is 5.52 Å². The molecule has 2 bridgehead atoms. The number of carbonyl (C=O) groups excluding carboxylic acids is 4. The number of hydrogen-bond acceptors (Lipinski definition) is 8. The highest BCUT2D eigenvalue weighted by molar-refractivity contribution is 6.07.